The van der Waals surface area contributed by atoms with Crippen LogP contribution in [0.1, 0.15) is 53.4 Å². The molecule has 0 heterocycles. The predicted molar refractivity (Wildman–Crippen MR) is 65.2 cm³/mol. The SMILES string of the molecule is CCC(C#N)CC.[C-]#[N+]CC(CC)CC. The van der Waals surface area contributed by atoms with Gasteiger partial charge in [-0.05, 0) is 25.7 Å². The van der Waals surface area contributed by atoms with Crippen LogP contribution >= 0.6 is 0 Å². The summed E-state index contributed by atoms with van der Waals surface area (Å²) in [5.41, 5.74) is 0. The van der Waals surface area contributed by atoms with E-state index in [1.165, 1.54) is 0 Å². The van der Waals surface area contributed by atoms with Gasteiger partial charge < -0.3 is 4.85 Å². The Bertz CT molecular complexity index is 190. The van der Waals surface area contributed by atoms with Gasteiger partial charge in [0.1, 0.15) is 0 Å². The lowest BCUT2D eigenvalue weighted by Gasteiger charge is -2.00. The number of rotatable bonds is 5. The van der Waals surface area contributed by atoms with E-state index in [-0.39, 0.29) is 0 Å². The van der Waals surface area contributed by atoms with Crippen molar-refractivity contribution in [2.24, 2.45) is 11.8 Å². The minimum Gasteiger partial charge on any atom is -0.317 e. The third kappa shape index (κ3) is 10.9. The van der Waals surface area contributed by atoms with Crippen molar-refractivity contribution in [3.8, 4) is 6.07 Å². The lowest BCUT2D eigenvalue weighted by Crippen LogP contribution is -1.98. The molecule has 0 unspecified atom stereocenters. The first-order valence-corrected chi connectivity index (χ1v) is 5.92. The summed E-state index contributed by atoms with van der Waals surface area (Å²) in [4.78, 5) is 3.33. The molecule has 0 N–H and O–H groups in total. The van der Waals surface area contributed by atoms with Gasteiger partial charge in [-0.3, -0.25) is 0 Å². The van der Waals surface area contributed by atoms with Crippen molar-refractivity contribution in [2.45, 2.75) is 53.4 Å². The normalized spacial score (nSPS) is 9.07. The first-order chi connectivity index (χ1) is 7.19. The molecule has 0 aromatic rings. The van der Waals surface area contributed by atoms with Crippen LogP contribution in [0.3, 0.4) is 0 Å². The molecule has 0 atom stereocenters. The number of nitriles is 1. The minimum absolute atomic E-state index is 0.292. The standard InChI is InChI=1S/C7H13N.C6H11N/c1-4-7(5-2)6-8-3;1-3-6(4-2)5-7/h7H,4-6H2,1-2H3;6H,3-4H2,1-2H3. The molecule has 0 amide bonds. The molecule has 0 aliphatic heterocycles. The van der Waals surface area contributed by atoms with Gasteiger partial charge in [-0.15, -0.1) is 0 Å². The monoisotopic (exact) mass is 208 g/mol. The zero-order valence-electron chi connectivity index (χ0n) is 10.6. The Hall–Kier alpha value is -1.02. The summed E-state index contributed by atoms with van der Waals surface area (Å²) in [6, 6.07) is 2.20. The third-order valence-electron chi connectivity index (χ3n) is 2.67. The summed E-state index contributed by atoms with van der Waals surface area (Å²) >= 11 is 0. The van der Waals surface area contributed by atoms with E-state index in [1.807, 2.05) is 13.8 Å². The molecule has 15 heavy (non-hydrogen) atoms. The summed E-state index contributed by atoms with van der Waals surface area (Å²) in [6.07, 6.45) is 4.29. The van der Waals surface area contributed by atoms with Crippen LogP contribution in [0.25, 0.3) is 4.85 Å². The van der Waals surface area contributed by atoms with Gasteiger partial charge in [0.25, 0.3) is 0 Å². The highest BCUT2D eigenvalue weighted by Crippen LogP contribution is 2.06. The average molecular weight is 208 g/mol. The molecule has 0 fully saturated rings. The lowest BCUT2D eigenvalue weighted by molar-refractivity contribution is 0.531. The van der Waals surface area contributed by atoms with Crippen LogP contribution in [0.15, 0.2) is 0 Å². The molecule has 0 aliphatic rings. The molecule has 0 saturated carbocycles. The van der Waals surface area contributed by atoms with Gasteiger partial charge in [-0.2, -0.15) is 5.26 Å². The summed E-state index contributed by atoms with van der Waals surface area (Å²) in [7, 11) is 0. The van der Waals surface area contributed by atoms with Gasteiger partial charge in [0, 0.05) is 11.8 Å². The van der Waals surface area contributed by atoms with Crippen molar-refractivity contribution in [1.82, 2.24) is 0 Å². The maximum absolute atomic E-state index is 8.28. The highest BCUT2D eigenvalue weighted by atomic mass is 14.6. The van der Waals surface area contributed by atoms with E-state index < -0.39 is 0 Å². The van der Waals surface area contributed by atoms with Crippen molar-refractivity contribution in [1.29, 1.82) is 5.26 Å². The second-order valence-corrected chi connectivity index (χ2v) is 3.67. The molecule has 0 radical (unpaired) electrons. The van der Waals surface area contributed by atoms with Gasteiger partial charge in [0.2, 0.25) is 6.54 Å². The zero-order valence-corrected chi connectivity index (χ0v) is 10.6. The first kappa shape index (κ1) is 16.4. The van der Waals surface area contributed by atoms with Crippen molar-refractivity contribution >= 4 is 0 Å². The maximum Gasteiger partial charge on any atom is 0.217 e. The Kier molecular flexibility index (Phi) is 14.2. The molecule has 0 spiro atoms. The van der Waals surface area contributed by atoms with Crippen LogP contribution in [0.5, 0.6) is 0 Å². The summed E-state index contributed by atoms with van der Waals surface area (Å²) < 4.78 is 0. The van der Waals surface area contributed by atoms with Gasteiger partial charge in [-0.1, -0.05) is 27.7 Å². The van der Waals surface area contributed by atoms with Gasteiger partial charge >= 0.3 is 0 Å². The molecule has 86 valence electrons. The molecule has 0 saturated heterocycles. The molecule has 0 aliphatic carbocycles. The Balaban J connectivity index is 0. The fourth-order valence-electron chi connectivity index (χ4n) is 1.15. The maximum atomic E-state index is 8.28. The van der Waals surface area contributed by atoms with E-state index in [2.05, 4.69) is 24.8 Å². The topological polar surface area (TPSA) is 28.1 Å². The lowest BCUT2D eigenvalue weighted by atomic mass is 10.0. The van der Waals surface area contributed by atoms with Gasteiger partial charge in [0.05, 0.1) is 6.07 Å². The quantitative estimate of drug-likeness (QED) is 0.619. The van der Waals surface area contributed by atoms with Crippen LogP contribution in [-0.4, -0.2) is 6.54 Å². The van der Waals surface area contributed by atoms with Crippen molar-refractivity contribution in [3.05, 3.63) is 11.4 Å². The zero-order chi connectivity index (χ0) is 12.1. The Morgan fingerprint density at radius 1 is 1.07 bits per heavy atom. The highest BCUT2D eigenvalue weighted by molar-refractivity contribution is 4.79. The Morgan fingerprint density at radius 3 is 1.60 bits per heavy atom. The fourth-order valence-corrected chi connectivity index (χ4v) is 1.15. The molecule has 0 aromatic heterocycles. The van der Waals surface area contributed by atoms with E-state index in [0.29, 0.717) is 18.4 Å². The van der Waals surface area contributed by atoms with Crippen LogP contribution in [0, 0.1) is 29.7 Å². The summed E-state index contributed by atoms with van der Waals surface area (Å²) in [5, 5.41) is 8.28. The average Bonchev–Trinajstić information content (AvgIpc) is 2.29. The largest absolute Gasteiger partial charge is 0.317 e. The Morgan fingerprint density at radius 2 is 1.53 bits per heavy atom. The third-order valence-corrected chi connectivity index (χ3v) is 2.67. The molecule has 0 rings (SSSR count). The number of hydrogen-bond donors (Lipinski definition) is 0. The van der Waals surface area contributed by atoms with E-state index in [0.717, 1.165) is 25.7 Å². The van der Waals surface area contributed by atoms with E-state index in [1.54, 1.807) is 0 Å². The van der Waals surface area contributed by atoms with Crippen molar-refractivity contribution < 1.29 is 0 Å². The second-order valence-electron chi connectivity index (χ2n) is 3.67. The van der Waals surface area contributed by atoms with Gasteiger partial charge in [-0.25, -0.2) is 6.57 Å². The number of hydrogen-bond acceptors (Lipinski definition) is 1. The first-order valence-electron chi connectivity index (χ1n) is 5.92. The molecular formula is C13H24N2. The van der Waals surface area contributed by atoms with Crippen LogP contribution < -0.4 is 0 Å². The second kappa shape index (κ2) is 13.0. The predicted octanol–water partition coefficient (Wildman–Crippen LogP) is 4.29. The van der Waals surface area contributed by atoms with E-state index >= 15 is 0 Å². The minimum atomic E-state index is 0.292. The smallest absolute Gasteiger partial charge is 0.217 e. The summed E-state index contributed by atoms with van der Waals surface area (Å²) in [5.74, 6) is 0.937. The molecule has 2 heteroatoms. The van der Waals surface area contributed by atoms with Crippen molar-refractivity contribution in [2.75, 3.05) is 6.54 Å². The number of nitrogens with zero attached hydrogens (tertiary/aromatic N) is 2. The van der Waals surface area contributed by atoms with Crippen LogP contribution in [-0.2, 0) is 0 Å². The molecule has 0 bridgehead atoms. The highest BCUT2D eigenvalue weighted by Gasteiger charge is 2.03. The van der Waals surface area contributed by atoms with Gasteiger partial charge in [0.15, 0.2) is 0 Å². The fraction of sp³-hybridized carbons (Fsp3) is 0.846. The van der Waals surface area contributed by atoms with Crippen LogP contribution in [0.4, 0.5) is 0 Å². The van der Waals surface area contributed by atoms with Crippen molar-refractivity contribution in [3.63, 3.8) is 0 Å². The van der Waals surface area contributed by atoms with E-state index in [4.69, 9.17) is 11.8 Å². The van der Waals surface area contributed by atoms with Crippen LogP contribution in [0.2, 0.25) is 0 Å². The van der Waals surface area contributed by atoms with E-state index in [9.17, 15) is 0 Å². The molecule has 2 nitrogen and oxygen atoms in total. The Labute approximate surface area is 95.1 Å². The molecule has 0 aromatic carbocycles. The summed E-state index contributed by atoms with van der Waals surface area (Å²) in [6.45, 7) is 15.6. The molecular weight excluding hydrogens is 184 g/mol.